The van der Waals surface area contributed by atoms with Gasteiger partial charge in [-0.1, -0.05) is 44.2 Å². The molecule has 0 bridgehead atoms. The zero-order valence-corrected chi connectivity index (χ0v) is 20.0. The fraction of sp³-hybridized carbons (Fsp3) is 0.333. The average molecular weight is 545 g/mol. The summed E-state index contributed by atoms with van der Waals surface area (Å²) < 4.78 is -0.594. The second-order valence-corrected chi connectivity index (χ2v) is 10.2. The van der Waals surface area contributed by atoms with Gasteiger partial charge in [0.25, 0.3) is 11.8 Å². The quantitative estimate of drug-likeness (QED) is 0.261. The molecule has 2 aromatic rings. The first-order valence-corrected chi connectivity index (χ1v) is 11.6. The molecule has 2 N–H and O–H groups in total. The second-order valence-electron chi connectivity index (χ2n) is 8.46. The van der Waals surface area contributed by atoms with E-state index in [0.29, 0.717) is 23.1 Å². The van der Waals surface area contributed by atoms with Crippen molar-refractivity contribution in [2.24, 2.45) is 5.92 Å². The SMILES string of the molecule is CC(C)[C@@](I)(NC(=O)c1ccc2c(c1)CN(C1CCC(=O)NC1=O)C2=O)c1ccccc1. The summed E-state index contributed by atoms with van der Waals surface area (Å²) in [5, 5.41) is 5.46. The van der Waals surface area contributed by atoms with Crippen molar-refractivity contribution in [1.29, 1.82) is 0 Å². The van der Waals surface area contributed by atoms with E-state index in [1.54, 1.807) is 18.2 Å². The van der Waals surface area contributed by atoms with Gasteiger partial charge < -0.3 is 10.2 Å². The average Bonchev–Trinajstić information content (AvgIpc) is 3.09. The molecule has 7 nitrogen and oxygen atoms in total. The Balaban J connectivity index is 1.55. The number of nitrogens with one attached hydrogen (secondary N) is 2. The third-order valence-corrected chi connectivity index (χ3v) is 8.21. The van der Waals surface area contributed by atoms with Gasteiger partial charge in [0, 0.05) is 24.1 Å². The van der Waals surface area contributed by atoms with Gasteiger partial charge >= 0.3 is 0 Å². The largest absolute Gasteiger partial charge is 0.333 e. The molecule has 32 heavy (non-hydrogen) atoms. The molecule has 2 aliphatic rings. The van der Waals surface area contributed by atoms with E-state index in [9.17, 15) is 19.2 Å². The fourth-order valence-corrected chi connectivity index (χ4v) is 4.79. The Morgan fingerprint density at radius 3 is 2.53 bits per heavy atom. The van der Waals surface area contributed by atoms with E-state index in [-0.39, 0.29) is 36.6 Å². The number of piperidine rings is 1. The molecular weight excluding hydrogens is 521 g/mol. The predicted molar refractivity (Wildman–Crippen MR) is 127 cm³/mol. The highest BCUT2D eigenvalue weighted by Crippen LogP contribution is 2.37. The third kappa shape index (κ3) is 4.03. The van der Waals surface area contributed by atoms with Crippen LogP contribution in [0.4, 0.5) is 0 Å². The minimum atomic E-state index is -0.675. The first kappa shape index (κ1) is 22.4. The lowest BCUT2D eigenvalue weighted by molar-refractivity contribution is -0.136. The summed E-state index contributed by atoms with van der Waals surface area (Å²) in [7, 11) is 0. The maximum Gasteiger partial charge on any atom is 0.255 e. The van der Waals surface area contributed by atoms with Gasteiger partial charge in [-0.2, -0.15) is 0 Å². The van der Waals surface area contributed by atoms with Crippen molar-refractivity contribution in [3.05, 3.63) is 70.8 Å². The van der Waals surface area contributed by atoms with E-state index < -0.39 is 15.5 Å². The summed E-state index contributed by atoms with van der Waals surface area (Å²) in [6.45, 7) is 4.34. The topological polar surface area (TPSA) is 95.6 Å². The monoisotopic (exact) mass is 545 g/mol. The van der Waals surface area contributed by atoms with Gasteiger partial charge in [0.15, 0.2) is 0 Å². The molecule has 1 fully saturated rings. The third-order valence-electron chi connectivity index (χ3n) is 6.07. The van der Waals surface area contributed by atoms with Crippen LogP contribution in [0.1, 0.15) is 58.5 Å². The molecule has 2 aliphatic heterocycles. The summed E-state index contributed by atoms with van der Waals surface area (Å²) in [5.41, 5.74) is 2.65. The van der Waals surface area contributed by atoms with Crippen LogP contribution in [0.5, 0.6) is 0 Å². The molecule has 2 heterocycles. The number of fused-ring (bicyclic) bond motifs is 1. The van der Waals surface area contributed by atoms with Crippen molar-refractivity contribution >= 4 is 46.2 Å². The predicted octanol–water partition coefficient (Wildman–Crippen LogP) is 3.12. The minimum absolute atomic E-state index is 0.133. The molecule has 0 spiro atoms. The molecule has 166 valence electrons. The summed E-state index contributed by atoms with van der Waals surface area (Å²) in [5.74, 6) is -1.12. The lowest BCUT2D eigenvalue weighted by Crippen LogP contribution is -2.52. The Hall–Kier alpha value is -2.75. The Labute approximate surface area is 200 Å². The molecular formula is C24H24IN3O4. The lowest BCUT2D eigenvalue weighted by atomic mass is 9.95. The number of carbonyl (C=O) groups is 4. The second kappa shape index (κ2) is 8.65. The molecule has 1 saturated heterocycles. The van der Waals surface area contributed by atoms with E-state index in [1.165, 1.54) is 4.90 Å². The number of nitrogens with zero attached hydrogens (tertiary/aromatic N) is 1. The Morgan fingerprint density at radius 1 is 1.16 bits per heavy atom. The molecule has 0 aliphatic carbocycles. The van der Waals surface area contributed by atoms with Gasteiger partial charge in [-0.05, 0) is 64.3 Å². The Morgan fingerprint density at radius 2 is 1.88 bits per heavy atom. The highest BCUT2D eigenvalue weighted by atomic mass is 127. The van der Waals surface area contributed by atoms with Crippen molar-refractivity contribution in [2.45, 2.75) is 42.8 Å². The Bertz CT molecular complexity index is 1100. The number of hydrogen-bond donors (Lipinski definition) is 2. The van der Waals surface area contributed by atoms with E-state index in [4.69, 9.17) is 0 Å². The lowest BCUT2D eigenvalue weighted by Gasteiger charge is -2.33. The zero-order valence-electron chi connectivity index (χ0n) is 17.9. The highest BCUT2D eigenvalue weighted by Gasteiger charge is 2.40. The number of carbonyl (C=O) groups excluding carboxylic acids is 4. The van der Waals surface area contributed by atoms with Gasteiger partial charge in [0.2, 0.25) is 11.8 Å². The molecule has 2 aromatic carbocycles. The van der Waals surface area contributed by atoms with E-state index in [1.807, 2.05) is 30.3 Å². The molecule has 0 radical (unpaired) electrons. The first-order valence-electron chi connectivity index (χ1n) is 10.5. The zero-order chi connectivity index (χ0) is 23.0. The number of benzene rings is 2. The fourth-order valence-electron chi connectivity index (χ4n) is 4.18. The van der Waals surface area contributed by atoms with Crippen LogP contribution in [-0.4, -0.2) is 34.6 Å². The smallest absolute Gasteiger partial charge is 0.255 e. The molecule has 2 atom stereocenters. The normalized spacial score (nSPS) is 20.1. The van der Waals surface area contributed by atoms with Crippen LogP contribution >= 0.6 is 22.6 Å². The van der Waals surface area contributed by atoms with Crippen LogP contribution in [0.3, 0.4) is 0 Å². The van der Waals surface area contributed by atoms with Gasteiger partial charge in [0.05, 0.1) is 0 Å². The number of alkyl halides is 1. The van der Waals surface area contributed by atoms with Gasteiger partial charge in [-0.3, -0.25) is 24.5 Å². The van der Waals surface area contributed by atoms with Gasteiger partial charge in [-0.15, -0.1) is 0 Å². The highest BCUT2D eigenvalue weighted by molar-refractivity contribution is 14.1. The van der Waals surface area contributed by atoms with Crippen LogP contribution in [-0.2, 0) is 19.7 Å². The van der Waals surface area contributed by atoms with E-state index >= 15 is 0 Å². The standard InChI is InChI=1S/C24H24IN3O4/c1-14(2)24(25,17-6-4-3-5-7-17)27-21(30)15-8-9-18-16(12-15)13-28(23(18)32)19-10-11-20(29)26-22(19)31/h3-9,12,14,19H,10-11,13H2,1-2H3,(H,27,30)(H,26,29,31)/t19?,24-/m1/s1. The number of halogens is 1. The number of amides is 4. The van der Waals surface area contributed by atoms with Gasteiger partial charge in [0.1, 0.15) is 9.59 Å². The molecule has 1 unspecified atom stereocenters. The molecule has 0 saturated carbocycles. The molecule has 4 amide bonds. The van der Waals surface area contributed by atoms with Crippen molar-refractivity contribution in [1.82, 2.24) is 15.5 Å². The van der Waals surface area contributed by atoms with Crippen molar-refractivity contribution < 1.29 is 19.2 Å². The van der Waals surface area contributed by atoms with E-state index in [2.05, 4.69) is 47.1 Å². The van der Waals surface area contributed by atoms with Crippen LogP contribution in [0, 0.1) is 5.92 Å². The summed E-state index contributed by atoms with van der Waals surface area (Å²) in [4.78, 5) is 51.2. The number of hydrogen-bond acceptors (Lipinski definition) is 4. The number of imide groups is 1. The number of rotatable bonds is 5. The summed E-state index contributed by atoms with van der Waals surface area (Å²) in [6.07, 6.45) is 0.511. The van der Waals surface area contributed by atoms with Gasteiger partial charge in [-0.25, -0.2) is 0 Å². The van der Waals surface area contributed by atoms with Crippen LogP contribution in [0.25, 0.3) is 0 Å². The maximum atomic E-state index is 13.2. The van der Waals surface area contributed by atoms with Crippen LogP contribution in [0.15, 0.2) is 48.5 Å². The molecule has 8 heteroatoms. The molecule has 0 aromatic heterocycles. The van der Waals surface area contributed by atoms with Crippen molar-refractivity contribution in [3.63, 3.8) is 0 Å². The van der Waals surface area contributed by atoms with Crippen LogP contribution in [0.2, 0.25) is 0 Å². The Kier molecular flexibility index (Phi) is 6.07. The van der Waals surface area contributed by atoms with Crippen molar-refractivity contribution in [2.75, 3.05) is 0 Å². The van der Waals surface area contributed by atoms with Crippen molar-refractivity contribution in [3.8, 4) is 0 Å². The molecule has 4 rings (SSSR count). The van der Waals surface area contributed by atoms with Crippen LogP contribution < -0.4 is 10.6 Å². The first-order chi connectivity index (χ1) is 15.2. The summed E-state index contributed by atoms with van der Waals surface area (Å²) in [6, 6.07) is 14.1. The van der Waals surface area contributed by atoms with E-state index in [0.717, 1.165) is 5.56 Å². The summed E-state index contributed by atoms with van der Waals surface area (Å²) >= 11 is 2.28. The minimum Gasteiger partial charge on any atom is -0.333 e. The maximum absolute atomic E-state index is 13.2.